The lowest BCUT2D eigenvalue weighted by Crippen LogP contribution is -2.41. The van der Waals surface area contributed by atoms with Gasteiger partial charge in [-0.25, -0.2) is 0 Å². The highest BCUT2D eigenvalue weighted by atomic mass is 35.5. The number of aliphatic hydroxyl groups excluding tert-OH is 1. The van der Waals surface area contributed by atoms with Crippen LogP contribution in [-0.4, -0.2) is 46.9 Å². The molecular weight excluding hydrogens is 318 g/mol. The first-order valence-electron chi connectivity index (χ1n) is 7.69. The maximum Gasteiger partial charge on any atom is 0.191 e. The van der Waals surface area contributed by atoms with Gasteiger partial charge >= 0.3 is 0 Å². The van der Waals surface area contributed by atoms with E-state index in [4.69, 9.17) is 25.9 Å². The summed E-state index contributed by atoms with van der Waals surface area (Å²) in [5, 5.41) is 12.4. The molecule has 4 nitrogen and oxygen atoms in total. The molecule has 0 aliphatic carbocycles. The van der Waals surface area contributed by atoms with Crippen LogP contribution in [0.2, 0.25) is 18.1 Å². The zero-order chi connectivity index (χ0) is 17.2. The quantitative estimate of drug-likeness (QED) is 0.273. The van der Waals surface area contributed by atoms with Crippen molar-refractivity contribution >= 4 is 19.9 Å². The van der Waals surface area contributed by atoms with Gasteiger partial charge in [0.25, 0.3) is 0 Å². The van der Waals surface area contributed by atoms with Crippen LogP contribution in [-0.2, 0) is 9.16 Å². The second kappa shape index (κ2) is 10.4. The molecule has 0 fully saturated rings. The van der Waals surface area contributed by atoms with E-state index in [1.165, 1.54) is 0 Å². The molecule has 0 aliphatic heterocycles. The Bertz CT molecular complexity index is 376. The summed E-state index contributed by atoms with van der Waals surface area (Å²) in [5.41, 5.74) is 1.10. The summed E-state index contributed by atoms with van der Waals surface area (Å²) in [6.45, 7) is 12.7. The predicted molar refractivity (Wildman–Crippen MR) is 96.7 cm³/mol. The van der Waals surface area contributed by atoms with E-state index in [9.17, 15) is 0 Å². The standard InChI is InChI=1S/C16H32ClNO3Si/c1-16(2,3)22(5,6)21-11-9-14(13-20-12-10-19)7-8-15(17)18-4/h7-8,18-19H,9-13H2,1-6H3/b14-7-,15-8-. The van der Waals surface area contributed by atoms with Gasteiger partial charge in [0.05, 0.1) is 19.8 Å². The molecule has 0 amide bonds. The first-order valence-corrected chi connectivity index (χ1v) is 11.0. The molecule has 0 atom stereocenters. The number of hydrogen-bond donors (Lipinski definition) is 2. The molecule has 0 aliphatic rings. The molecule has 0 rings (SSSR count). The molecule has 0 spiro atoms. The van der Waals surface area contributed by atoms with Crippen molar-refractivity contribution < 1.29 is 14.3 Å². The van der Waals surface area contributed by atoms with E-state index in [1.54, 1.807) is 7.05 Å². The van der Waals surface area contributed by atoms with Gasteiger partial charge in [-0.1, -0.05) is 38.4 Å². The van der Waals surface area contributed by atoms with Gasteiger partial charge in [0.15, 0.2) is 8.32 Å². The van der Waals surface area contributed by atoms with Crippen LogP contribution in [0.5, 0.6) is 0 Å². The first-order chi connectivity index (χ1) is 10.1. The average molecular weight is 350 g/mol. The van der Waals surface area contributed by atoms with Crippen molar-refractivity contribution in [3.8, 4) is 0 Å². The van der Waals surface area contributed by atoms with Crippen LogP contribution in [0, 0.1) is 0 Å². The summed E-state index contributed by atoms with van der Waals surface area (Å²) in [6.07, 6.45) is 4.55. The molecule has 130 valence electrons. The average Bonchev–Trinajstić information content (AvgIpc) is 2.42. The third-order valence-corrected chi connectivity index (χ3v) is 8.77. The van der Waals surface area contributed by atoms with Crippen molar-refractivity contribution in [1.82, 2.24) is 5.32 Å². The monoisotopic (exact) mass is 349 g/mol. The van der Waals surface area contributed by atoms with Crippen molar-refractivity contribution in [2.45, 2.75) is 45.3 Å². The Morgan fingerprint density at radius 2 is 1.86 bits per heavy atom. The van der Waals surface area contributed by atoms with Crippen molar-refractivity contribution in [1.29, 1.82) is 0 Å². The molecule has 0 bridgehead atoms. The first kappa shape index (κ1) is 21.7. The molecule has 6 heteroatoms. The second-order valence-corrected chi connectivity index (χ2v) is 11.9. The van der Waals surface area contributed by atoms with E-state index in [2.05, 4.69) is 39.2 Å². The largest absolute Gasteiger partial charge is 0.417 e. The van der Waals surface area contributed by atoms with Crippen LogP contribution < -0.4 is 5.32 Å². The highest BCUT2D eigenvalue weighted by Gasteiger charge is 2.36. The van der Waals surface area contributed by atoms with E-state index < -0.39 is 8.32 Å². The minimum atomic E-state index is -1.72. The van der Waals surface area contributed by atoms with E-state index in [0.717, 1.165) is 12.0 Å². The number of aliphatic hydroxyl groups is 1. The number of halogens is 1. The molecular formula is C16H32ClNO3Si. The van der Waals surface area contributed by atoms with Gasteiger partial charge in [0.2, 0.25) is 0 Å². The summed E-state index contributed by atoms with van der Waals surface area (Å²) >= 11 is 5.94. The van der Waals surface area contributed by atoms with Gasteiger partial charge in [0.1, 0.15) is 5.16 Å². The Balaban J connectivity index is 4.59. The lowest BCUT2D eigenvalue weighted by atomic mass is 10.2. The normalized spacial score (nSPS) is 14.4. The fraction of sp³-hybridized carbons (Fsp3) is 0.750. The topological polar surface area (TPSA) is 50.7 Å². The lowest BCUT2D eigenvalue weighted by molar-refractivity contribution is 0.105. The zero-order valence-electron chi connectivity index (χ0n) is 14.8. The minimum absolute atomic E-state index is 0.0286. The molecule has 0 radical (unpaired) electrons. The SMILES string of the molecule is CN/C(Cl)=C\C=C(\CCO[Si](C)(C)C(C)(C)C)COCCO. The number of ether oxygens (including phenoxy) is 1. The van der Waals surface area contributed by atoms with Crippen LogP contribution >= 0.6 is 11.6 Å². The van der Waals surface area contributed by atoms with Crippen molar-refractivity contribution in [3.05, 3.63) is 22.9 Å². The van der Waals surface area contributed by atoms with Crippen LogP contribution in [0.15, 0.2) is 22.9 Å². The number of allylic oxidation sites excluding steroid dienone is 2. The van der Waals surface area contributed by atoms with Gasteiger partial charge in [-0.3, -0.25) is 0 Å². The molecule has 0 saturated carbocycles. The maximum absolute atomic E-state index is 8.80. The second-order valence-electron chi connectivity index (χ2n) is 6.72. The lowest BCUT2D eigenvalue weighted by Gasteiger charge is -2.36. The molecule has 0 saturated heterocycles. The van der Waals surface area contributed by atoms with Crippen molar-refractivity contribution in [2.24, 2.45) is 0 Å². The fourth-order valence-electron chi connectivity index (χ4n) is 1.40. The fourth-order valence-corrected chi connectivity index (χ4v) is 2.51. The van der Waals surface area contributed by atoms with Crippen LogP contribution in [0.25, 0.3) is 0 Å². The van der Waals surface area contributed by atoms with Crippen molar-refractivity contribution in [2.75, 3.05) is 33.5 Å². The third kappa shape index (κ3) is 8.95. The molecule has 0 unspecified atom stereocenters. The molecule has 0 aromatic heterocycles. The Hall–Kier alpha value is -0.333. The zero-order valence-corrected chi connectivity index (χ0v) is 16.6. The Morgan fingerprint density at radius 1 is 1.23 bits per heavy atom. The highest BCUT2D eigenvalue weighted by molar-refractivity contribution is 6.74. The molecule has 2 N–H and O–H groups in total. The smallest absolute Gasteiger partial charge is 0.191 e. The predicted octanol–water partition coefficient (Wildman–Crippen LogP) is 3.63. The molecule has 0 aromatic carbocycles. The molecule has 22 heavy (non-hydrogen) atoms. The minimum Gasteiger partial charge on any atom is -0.417 e. The van der Waals surface area contributed by atoms with Crippen LogP contribution in [0.1, 0.15) is 27.2 Å². The molecule has 0 aromatic rings. The summed E-state index contributed by atoms with van der Waals surface area (Å²) in [5.74, 6) is 0. The number of rotatable bonds is 10. The third-order valence-electron chi connectivity index (χ3n) is 3.92. The maximum atomic E-state index is 8.80. The summed E-state index contributed by atoms with van der Waals surface area (Å²) in [6, 6.07) is 0. The summed E-state index contributed by atoms with van der Waals surface area (Å²) in [7, 11) is 0.0496. The summed E-state index contributed by atoms with van der Waals surface area (Å²) < 4.78 is 11.6. The van der Waals surface area contributed by atoms with E-state index >= 15 is 0 Å². The van der Waals surface area contributed by atoms with Crippen LogP contribution in [0.3, 0.4) is 0 Å². The van der Waals surface area contributed by atoms with Crippen molar-refractivity contribution in [3.63, 3.8) is 0 Å². The number of hydrogen-bond acceptors (Lipinski definition) is 4. The van der Waals surface area contributed by atoms with Gasteiger partial charge in [-0.05, 0) is 36.2 Å². The van der Waals surface area contributed by atoms with Gasteiger partial charge in [0, 0.05) is 13.7 Å². The summed E-state index contributed by atoms with van der Waals surface area (Å²) in [4.78, 5) is 0. The van der Waals surface area contributed by atoms with E-state index in [1.807, 2.05) is 12.2 Å². The van der Waals surface area contributed by atoms with E-state index in [0.29, 0.717) is 25.0 Å². The Morgan fingerprint density at radius 3 is 2.36 bits per heavy atom. The molecule has 0 heterocycles. The Labute approximate surface area is 141 Å². The van der Waals surface area contributed by atoms with Gasteiger partial charge < -0.3 is 19.6 Å². The van der Waals surface area contributed by atoms with Gasteiger partial charge in [-0.15, -0.1) is 0 Å². The van der Waals surface area contributed by atoms with Crippen LogP contribution in [0.4, 0.5) is 0 Å². The highest BCUT2D eigenvalue weighted by Crippen LogP contribution is 2.36. The number of nitrogens with one attached hydrogen (secondary N) is 1. The van der Waals surface area contributed by atoms with E-state index in [-0.39, 0.29) is 11.6 Å². The Kier molecular flexibility index (Phi) is 10.3. The van der Waals surface area contributed by atoms with Gasteiger partial charge in [-0.2, -0.15) is 0 Å².